The minimum absolute atomic E-state index is 0.162. The molecule has 0 unspecified atom stereocenters. The SMILES string of the molecule is Cc1cccc(OCc2c(C(=O)N3CCN(Cc4ccccc4F)CC3)noc2C)c1. The van der Waals surface area contributed by atoms with Crippen molar-refractivity contribution in [1.82, 2.24) is 15.0 Å². The smallest absolute Gasteiger partial charge is 0.276 e. The molecule has 0 spiro atoms. The maximum atomic E-state index is 13.9. The molecule has 0 atom stereocenters. The fourth-order valence-electron chi connectivity index (χ4n) is 3.72. The molecule has 2 heterocycles. The van der Waals surface area contributed by atoms with Gasteiger partial charge in [0.15, 0.2) is 5.69 Å². The summed E-state index contributed by atoms with van der Waals surface area (Å²) in [6.45, 7) is 6.98. The van der Waals surface area contributed by atoms with Crippen LogP contribution in [0.1, 0.15) is 32.9 Å². The molecular formula is C24H26FN3O3. The second-order valence-corrected chi connectivity index (χ2v) is 7.83. The molecule has 0 saturated carbocycles. The predicted molar refractivity (Wildman–Crippen MR) is 114 cm³/mol. The number of ether oxygens (including phenoxy) is 1. The summed E-state index contributed by atoms with van der Waals surface area (Å²) >= 11 is 0. The topological polar surface area (TPSA) is 58.8 Å². The molecule has 1 aromatic heterocycles. The van der Waals surface area contributed by atoms with E-state index in [0.717, 1.165) is 11.3 Å². The van der Waals surface area contributed by atoms with Gasteiger partial charge in [-0.2, -0.15) is 0 Å². The van der Waals surface area contributed by atoms with E-state index in [1.165, 1.54) is 6.07 Å². The third kappa shape index (κ3) is 4.94. The van der Waals surface area contributed by atoms with Crippen molar-refractivity contribution in [2.45, 2.75) is 27.0 Å². The molecule has 31 heavy (non-hydrogen) atoms. The van der Waals surface area contributed by atoms with Gasteiger partial charge in [0, 0.05) is 38.3 Å². The van der Waals surface area contributed by atoms with Crippen molar-refractivity contribution in [3.8, 4) is 5.75 Å². The van der Waals surface area contributed by atoms with Gasteiger partial charge in [-0.05, 0) is 37.6 Å². The lowest BCUT2D eigenvalue weighted by atomic mass is 10.1. The van der Waals surface area contributed by atoms with Crippen molar-refractivity contribution in [1.29, 1.82) is 0 Å². The minimum atomic E-state index is -0.197. The standard InChI is InChI=1S/C24H26FN3O3/c1-17-6-5-8-20(14-17)30-16-21-18(2)31-26-23(21)24(29)28-12-10-27(11-13-28)15-19-7-3-4-9-22(19)25/h3-9,14H,10-13,15-16H2,1-2H3. The van der Waals surface area contributed by atoms with E-state index in [0.29, 0.717) is 55.3 Å². The lowest BCUT2D eigenvalue weighted by Crippen LogP contribution is -2.48. The third-order valence-corrected chi connectivity index (χ3v) is 5.57. The number of amides is 1. The van der Waals surface area contributed by atoms with E-state index < -0.39 is 0 Å². The molecule has 1 fully saturated rings. The fourth-order valence-corrected chi connectivity index (χ4v) is 3.72. The Labute approximate surface area is 181 Å². The Morgan fingerprint density at radius 2 is 1.87 bits per heavy atom. The Bertz CT molecular complexity index is 1060. The molecule has 4 rings (SSSR count). The molecule has 1 saturated heterocycles. The highest BCUT2D eigenvalue weighted by Crippen LogP contribution is 2.21. The summed E-state index contributed by atoms with van der Waals surface area (Å²) in [5.41, 5.74) is 2.74. The van der Waals surface area contributed by atoms with E-state index >= 15 is 0 Å². The van der Waals surface area contributed by atoms with E-state index in [1.54, 1.807) is 24.0 Å². The van der Waals surface area contributed by atoms with Crippen molar-refractivity contribution in [2.75, 3.05) is 26.2 Å². The molecule has 162 valence electrons. The van der Waals surface area contributed by atoms with Crippen molar-refractivity contribution in [3.63, 3.8) is 0 Å². The lowest BCUT2D eigenvalue weighted by molar-refractivity contribution is 0.0614. The zero-order valence-corrected chi connectivity index (χ0v) is 17.8. The highest BCUT2D eigenvalue weighted by Gasteiger charge is 2.28. The molecule has 1 aliphatic rings. The highest BCUT2D eigenvalue weighted by molar-refractivity contribution is 5.93. The first-order valence-corrected chi connectivity index (χ1v) is 10.4. The van der Waals surface area contributed by atoms with Gasteiger partial charge in [-0.1, -0.05) is 35.5 Å². The number of carbonyl (C=O) groups is 1. The molecular weight excluding hydrogens is 397 g/mol. The normalized spacial score (nSPS) is 14.6. The minimum Gasteiger partial charge on any atom is -0.489 e. The fraction of sp³-hybridized carbons (Fsp3) is 0.333. The molecule has 2 aromatic carbocycles. The number of nitrogens with zero attached hydrogens (tertiary/aromatic N) is 3. The van der Waals surface area contributed by atoms with Gasteiger partial charge in [-0.25, -0.2) is 4.39 Å². The molecule has 0 aliphatic carbocycles. The van der Waals surface area contributed by atoms with Gasteiger partial charge < -0.3 is 14.2 Å². The molecule has 0 radical (unpaired) electrons. The Kier molecular flexibility index (Phi) is 6.32. The molecule has 1 amide bonds. The van der Waals surface area contributed by atoms with Crippen LogP contribution in [0.3, 0.4) is 0 Å². The van der Waals surface area contributed by atoms with Gasteiger partial charge >= 0.3 is 0 Å². The zero-order chi connectivity index (χ0) is 21.8. The van der Waals surface area contributed by atoms with E-state index in [2.05, 4.69) is 10.1 Å². The average Bonchev–Trinajstić information content (AvgIpc) is 3.14. The maximum Gasteiger partial charge on any atom is 0.276 e. The van der Waals surface area contributed by atoms with Crippen LogP contribution in [-0.4, -0.2) is 47.0 Å². The van der Waals surface area contributed by atoms with Crippen LogP contribution in [0.4, 0.5) is 4.39 Å². The number of benzene rings is 2. The van der Waals surface area contributed by atoms with Gasteiger partial charge in [0.2, 0.25) is 0 Å². The van der Waals surface area contributed by atoms with Crippen LogP contribution >= 0.6 is 0 Å². The second-order valence-electron chi connectivity index (χ2n) is 7.83. The van der Waals surface area contributed by atoms with Crippen molar-refractivity contribution < 1.29 is 18.4 Å². The first-order chi connectivity index (χ1) is 15.0. The molecule has 6 nitrogen and oxygen atoms in total. The molecule has 0 N–H and O–H groups in total. The third-order valence-electron chi connectivity index (χ3n) is 5.57. The molecule has 3 aromatic rings. The number of piperazine rings is 1. The van der Waals surface area contributed by atoms with E-state index in [9.17, 15) is 9.18 Å². The van der Waals surface area contributed by atoms with Gasteiger partial charge in [-0.3, -0.25) is 9.69 Å². The summed E-state index contributed by atoms with van der Waals surface area (Å²) in [5.74, 6) is 0.956. The summed E-state index contributed by atoms with van der Waals surface area (Å²) in [5, 5.41) is 4.01. The van der Waals surface area contributed by atoms with E-state index in [4.69, 9.17) is 9.26 Å². The van der Waals surface area contributed by atoms with Gasteiger partial charge in [0.25, 0.3) is 5.91 Å². The molecule has 7 heteroatoms. The van der Waals surface area contributed by atoms with Crippen LogP contribution in [0.15, 0.2) is 53.1 Å². The quantitative estimate of drug-likeness (QED) is 0.601. The number of carbonyl (C=O) groups excluding carboxylic acids is 1. The number of aromatic nitrogens is 1. The van der Waals surface area contributed by atoms with Crippen LogP contribution in [0.2, 0.25) is 0 Å². The Balaban J connectivity index is 1.37. The molecule has 0 bridgehead atoms. The van der Waals surface area contributed by atoms with Crippen LogP contribution in [0, 0.1) is 19.7 Å². The second kappa shape index (κ2) is 9.31. The first-order valence-electron chi connectivity index (χ1n) is 10.4. The van der Waals surface area contributed by atoms with Crippen LogP contribution in [-0.2, 0) is 13.2 Å². The number of hydrogen-bond donors (Lipinski definition) is 0. The molecule has 1 aliphatic heterocycles. The number of rotatable bonds is 6. The lowest BCUT2D eigenvalue weighted by Gasteiger charge is -2.34. The number of halogens is 1. The maximum absolute atomic E-state index is 13.9. The van der Waals surface area contributed by atoms with Crippen molar-refractivity contribution in [3.05, 3.63) is 82.5 Å². The van der Waals surface area contributed by atoms with Crippen molar-refractivity contribution in [2.24, 2.45) is 0 Å². The largest absolute Gasteiger partial charge is 0.489 e. The summed E-state index contributed by atoms with van der Waals surface area (Å²) in [7, 11) is 0. The van der Waals surface area contributed by atoms with Gasteiger partial charge in [-0.15, -0.1) is 0 Å². The summed E-state index contributed by atoms with van der Waals surface area (Å²) in [6.07, 6.45) is 0. The Hall–Kier alpha value is -3.19. The average molecular weight is 423 g/mol. The van der Waals surface area contributed by atoms with E-state index in [1.807, 2.05) is 37.3 Å². The van der Waals surface area contributed by atoms with E-state index in [-0.39, 0.29) is 18.3 Å². The number of aryl methyl sites for hydroxylation is 2. The predicted octanol–water partition coefficient (Wildman–Crippen LogP) is 3.97. The number of hydrogen-bond acceptors (Lipinski definition) is 5. The zero-order valence-electron chi connectivity index (χ0n) is 17.8. The van der Waals surface area contributed by atoms with Gasteiger partial charge in [0.1, 0.15) is 23.9 Å². The highest BCUT2D eigenvalue weighted by atomic mass is 19.1. The Morgan fingerprint density at radius 3 is 2.61 bits per heavy atom. The van der Waals surface area contributed by atoms with Crippen LogP contribution in [0.25, 0.3) is 0 Å². The monoisotopic (exact) mass is 423 g/mol. The summed E-state index contributed by atoms with van der Waals surface area (Å²) in [4.78, 5) is 17.0. The van der Waals surface area contributed by atoms with Crippen LogP contribution in [0.5, 0.6) is 5.75 Å². The van der Waals surface area contributed by atoms with Crippen LogP contribution < -0.4 is 4.74 Å². The van der Waals surface area contributed by atoms with Gasteiger partial charge in [0.05, 0.1) is 5.56 Å². The first kappa shape index (κ1) is 21.1. The summed E-state index contributed by atoms with van der Waals surface area (Å²) in [6, 6.07) is 14.6. The van der Waals surface area contributed by atoms with Crippen molar-refractivity contribution >= 4 is 5.91 Å². The summed E-state index contributed by atoms with van der Waals surface area (Å²) < 4.78 is 25.1. The Morgan fingerprint density at radius 1 is 1.10 bits per heavy atom.